The highest BCUT2D eigenvalue weighted by Crippen LogP contribution is 2.57. The number of hydrogen-bond donors (Lipinski definition) is 1. The fraction of sp³-hybridized carbons (Fsp3) is 0.667. The normalized spacial score (nSPS) is 38.6. The summed E-state index contributed by atoms with van der Waals surface area (Å²) in [5.41, 5.74) is -3.25. The van der Waals surface area contributed by atoms with Crippen LogP contribution in [0.1, 0.15) is 68.2 Å². The van der Waals surface area contributed by atoms with Crippen LogP contribution in [0.25, 0.3) is 0 Å². The van der Waals surface area contributed by atoms with Gasteiger partial charge in [-0.15, -0.1) is 0 Å². The van der Waals surface area contributed by atoms with E-state index in [1.165, 1.54) is 13.8 Å². The lowest BCUT2D eigenvalue weighted by molar-refractivity contribution is -0.248. The van der Waals surface area contributed by atoms with Crippen molar-refractivity contribution in [2.24, 2.45) is 17.3 Å². The number of carbonyl (C=O) groups is 6. The van der Waals surface area contributed by atoms with Gasteiger partial charge in [0.25, 0.3) is 0 Å². The lowest BCUT2D eigenvalue weighted by Gasteiger charge is -2.58. The van der Waals surface area contributed by atoms with E-state index in [4.69, 9.17) is 28.4 Å². The Hall–Kier alpha value is -3.74. The van der Waals surface area contributed by atoms with Crippen molar-refractivity contribution >= 4 is 35.8 Å². The summed E-state index contributed by atoms with van der Waals surface area (Å²) in [6.07, 6.45) is -6.62. The molecule has 13 nitrogen and oxygen atoms in total. The van der Waals surface area contributed by atoms with Crippen LogP contribution in [0.15, 0.2) is 23.8 Å². The first-order chi connectivity index (χ1) is 19.8. The summed E-state index contributed by atoms with van der Waals surface area (Å²) in [4.78, 5) is 75.5. The average molecular weight is 609 g/mol. The quantitative estimate of drug-likeness (QED) is 0.272. The molecule has 3 rings (SSSR count). The van der Waals surface area contributed by atoms with E-state index in [2.05, 4.69) is 6.58 Å². The highest BCUT2D eigenvalue weighted by atomic mass is 16.6. The van der Waals surface area contributed by atoms with Gasteiger partial charge in [-0.2, -0.15) is 0 Å². The molecule has 1 saturated carbocycles. The number of aliphatic hydroxyl groups is 1. The molecule has 43 heavy (non-hydrogen) atoms. The van der Waals surface area contributed by atoms with Gasteiger partial charge in [-0.3, -0.25) is 28.8 Å². The van der Waals surface area contributed by atoms with E-state index >= 15 is 0 Å². The lowest BCUT2D eigenvalue weighted by Crippen LogP contribution is -2.71. The number of ether oxygens (including phenoxy) is 6. The summed E-state index contributed by atoms with van der Waals surface area (Å²) in [5.74, 6) is -7.34. The molecule has 238 valence electrons. The molecule has 1 heterocycles. The van der Waals surface area contributed by atoms with Gasteiger partial charge >= 0.3 is 35.8 Å². The van der Waals surface area contributed by atoms with Crippen LogP contribution >= 0.6 is 0 Å². The van der Waals surface area contributed by atoms with E-state index in [-0.39, 0.29) is 18.4 Å². The van der Waals surface area contributed by atoms with Crippen molar-refractivity contribution in [2.45, 2.75) is 110 Å². The van der Waals surface area contributed by atoms with Gasteiger partial charge in [-0.1, -0.05) is 19.1 Å². The first-order valence-corrected chi connectivity index (χ1v) is 14.0. The fourth-order valence-corrected chi connectivity index (χ4v) is 6.73. The van der Waals surface area contributed by atoms with Gasteiger partial charge in [0.2, 0.25) is 0 Å². The SMILES string of the molecule is C=C1[C@@H]2C(OC(C)=O)[C@@]3(O)[C@H](/C=C(/C)CC[C@H](OC(C)=O)[C@@]2(C)[C@@H](OC(C)=O)[C@@H](OC(C)=O)[C@H]1OC(C)=O)OC(=O)[C@@H]3C. The highest BCUT2D eigenvalue weighted by Gasteiger charge is 2.71. The van der Waals surface area contributed by atoms with Crippen molar-refractivity contribution in [3.05, 3.63) is 23.8 Å². The Morgan fingerprint density at radius 3 is 1.91 bits per heavy atom. The minimum atomic E-state index is -2.23. The Balaban J connectivity index is 2.50. The van der Waals surface area contributed by atoms with Crippen molar-refractivity contribution in [3.8, 4) is 0 Å². The van der Waals surface area contributed by atoms with Crippen LogP contribution in [-0.2, 0) is 57.2 Å². The highest BCUT2D eigenvalue weighted by molar-refractivity contribution is 5.78. The molecular weight excluding hydrogens is 568 g/mol. The summed E-state index contributed by atoms with van der Waals surface area (Å²) in [6, 6.07) is 0. The Morgan fingerprint density at radius 2 is 1.40 bits per heavy atom. The molecule has 0 aromatic heterocycles. The van der Waals surface area contributed by atoms with Crippen LogP contribution in [0.3, 0.4) is 0 Å². The van der Waals surface area contributed by atoms with Crippen molar-refractivity contribution in [1.82, 2.24) is 0 Å². The Morgan fingerprint density at radius 1 is 0.884 bits per heavy atom. The third kappa shape index (κ3) is 6.31. The van der Waals surface area contributed by atoms with Crippen LogP contribution in [0.2, 0.25) is 0 Å². The minimum Gasteiger partial charge on any atom is -0.462 e. The maximum Gasteiger partial charge on any atom is 0.312 e. The lowest BCUT2D eigenvalue weighted by atomic mass is 9.53. The van der Waals surface area contributed by atoms with Gasteiger partial charge in [0.15, 0.2) is 30.0 Å². The van der Waals surface area contributed by atoms with Crippen LogP contribution in [0.5, 0.6) is 0 Å². The number of allylic oxidation sites excluding steroid dienone is 1. The summed E-state index contributed by atoms with van der Waals surface area (Å²) >= 11 is 0. The zero-order valence-corrected chi connectivity index (χ0v) is 25.7. The molecule has 0 aromatic rings. The van der Waals surface area contributed by atoms with E-state index in [0.717, 1.165) is 27.7 Å². The van der Waals surface area contributed by atoms with Crippen LogP contribution in [0.4, 0.5) is 0 Å². The second kappa shape index (κ2) is 12.5. The summed E-state index contributed by atoms with van der Waals surface area (Å²) in [7, 11) is 0. The number of rotatable bonds is 5. The molecule has 0 spiro atoms. The molecule has 0 amide bonds. The molecule has 0 radical (unpaired) electrons. The van der Waals surface area contributed by atoms with Gasteiger partial charge in [-0.05, 0) is 38.3 Å². The Kier molecular flexibility index (Phi) is 9.79. The molecule has 1 unspecified atom stereocenters. The summed E-state index contributed by atoms with van der Waals surface area (Å²) in [5, 5.41) is 12.5. The molecule has 3 aliphatic rings. The monoisotopic (exact) mass is 608 g/mol. The minimum absolute atomic E-state index is 0.00393. The van der Waals surface area contributed by atoms with Gasteiger partial charge in [0.05, 0.1) is 11.3 Å². The number of carbonyl (C=O) groups excluding carboxylic acids is 6. The Bertz CT molecular complexity index is 1240. The van der Waals surface area contributed by atoms with Gasteiger partial charge < -0.3 is 33.5 Å². The van der Waals surface area contributed by atoms with E-state index in [9.17, 15) is 33.9 Å². The summed E-state index contributed by atoms with van der Waals surface area (Å²) < 4.78 is 34.3. The van der Waals surface area contributed by atoms with Gasteiger partial charge in [-0.25, -0.2) is 0 Å². The fourth-order valence-electron chi connectivity index (χ4n) is 6.73. The molecule has 1 aliphatic heterocycles. The molecule has 10 atom stereocenters. The molecule has 0 aromatic carbocycles. The van der Waals surface area contributed by atoms with E-state index in [1.807, 2.05) is 0 Å². The maximum atomic E-state index is 13.0. The third-order valence-electron chi connectivity index (χ3n) is 8.57. The van der Waals surface area contributed by atoms with E-state index in [0.29, 0.717) is 5.57 Å². The molecule has 1 saturated heterocycles. The van der Waals surface area contributed by atoms with Gasteiger partial charge in [0.1, 0.15) is 12.2 Å². The Labute approximate surface area is 249 Å². The molecule has 1 N–H and O–H groups in total. The van der Waals surface area contributed by atoms with Gasteiger partial charge in [0, 0.05) is 40.5 Å². The van der Waals surface area contributed by atoms with Crippen molar-refractivity contribution in [1.29, 1.82) is 0 Å². The molecule has 0 bridgehead atoms. The second-order valence-corrected chi connectivity index (χ2v) is 11.7. The van der Waals surface area contributed by atoms with E-state index < -0.39 is 95.3 Å². The first kappa shape index (κ1) is 33.8. The van der Waals surface area contributed by atoms with Crippen LogP contribution in [0, 0.1) is 17.3 Å². The standard InChI is InChI=1S/C30H40O13/c1-13-10-11-21(38-16(4)31)29(9)23(26(41-19(7)34)30(37)15(3)28(36)43-22(30)12-13)14(2)24(39-17(5)32)25(40-18(6)33)27(29)42-20(8)35/h12,15,21-27,37H,2,10-11H2,1,3-9H3/b13-12-/t15-,21-,22-,23+,24-,25-,26?,27-,29+,30-/m0/s1. The molecule has 13 heteroatoms. The summed E-state index contributed by atoms with van der Waals surface area (Å²) in [6.45, 7) is 14.5. The third-order valence-corrected chi connectivity index (χ3v) is 8.57. The van der Waals surface area contributed by atoms with Crippen LogP contribution < -0.4 is 0 Å². The largest absolute Gasteiger partial charge is 0.462 e. The first-order valence-electron chi connectivity index (χ1n) is 14.0. The predicted molar refractivity (Wildman–Crippen MR) is 145 cm³/mol. The molecule has 2 fully saturated rings. The number of hydrogen-bond acceptors (Lipinski definition) is 13. The second-order valence-electron chi connectivity index (χ2n) is 11.7. The topological polar surface area (TPSA) is 178 Å². The maximum absolute atomic E-state index is 13.0. The molecular formula is C30H40O13. The van der Waals surface area contributed by atoms with Crippen LogP contribution in [-0.4, -0.2) is 83.1 Å². The van der Waals surface area contributed by atoms with E-state index in [1.54, 1.807) is 19.9 Å². The van der Waals surface area contributed by atoms with Crippen molar-refractivity contribution in [2.75, 3.05) is 0 Å². The van der Waals surface area contributed by atoms with Crippen molar-refractivity contribution < 1.29 is 62.3 Å². The zero-order valence-electron chi connectivity index (χ0n) is 25.7. The predicted octanol–water partition coefficient (Wildman–Crippen LogP) is 1.87. The zero-order chi connectivity index (χ0) is 32.6. The smallest absolute Gasteiger partial charge is 0.312 e. The number of esters is 6. The molecule has 2 aliphatic carbocycles. The van der Waals surface area contributed by atoms with Crippen molar-refractivity contribution in [3.63, 3.8) is 0 Å². The average Bonchev–Trinajstić information content (AvgIpc) is 3.08. The number of fused-ring (bicyclic) bond motifs is 2.